The van der Waals surface area contributed by atoms with Crippen LogP contribution in [0.25, 0.3) is 0 Å². The number of halogens is 3. The van der Waals surface area contributed by atoms with Gasteiger partial charge in [-0.3, -0.25) is 4.68 Å². The maximum Gasteiger partial charge on any atom is 0.159 e. The Kier molecular flexibility index (Phi) is 4.17. The van der Waals surface area contributed by atoms with Crippen LogP contribution < -0.4 is 5.32 Å². The molecule has 0 saturated carbocycles. The largest absolute Gasteiger partial charge is 0.308 e. The molecule has 0 unspecified atom stereocenters. The summed E-state index contributed by atoms with van der Waals surface area (Å²) < 4.78 is 27.4. The van der Waals surface area contributed by atoms with Gasteiger partial charge in [0.1, 0.15) is 5.15 Å². The van der Waals surface area contributed by atoms with E-state index >= 15 is 0 Å². The summed E-state index contributed by atoms with van der Waals surface area (Å²) in [5, 5.41) is 7.91. The van der Waals surface area contributed by atoms with Crippen LogP contribution in [0.2, 0.25) is 5.15 Å². The molecule has 19 heavy (non-hydrogen) atoms. The predicted octanol–water partition coefficient (Wildman–Crippen LogP) is 2.95. The van der Waals surface area contributed by atoms with Gasteiger partial charge in [0.25, 0.3) is 0 Å². The number of aromatic nitrogens is 2. The Labute approximate surface area is 115 Å². The molecule has 102 valence electrons. The molecule has 0 bridgehead atoms. The molecule has 1 heterocycles. The molecular formula is C13H14ClF2N3. The third-order valence-corrected chi connectivity index (χ3v) is 3.36. The van der Waals surface area contributed by atoms with E-state index in [1.807, 2.05) is 6.92 Å². The maximum absolute atomic E-state index is 13.0. The fraction of sp³-hybridized carbons (Fsp3) is 0.308. The van der Waals surface area contributed by atoms with E-state index in [0.717, 1.165) is 17.3 Å². The average Bonchev–Trinajstić information content (AvgIpc) is 2.60. The first-order valence-corrected chi connectivity index (χ1v) is 6.19. The molecule has 0 aliphatic heterocycles. The van der Waals surface area contributed by atoms with Crippen LogP contribution in [-0.4, -0.2) is 9.78 Å². The Morgan fingerprint density at radius 1 is 1.26 bits per heavy atom. The molecule has 1 aromatic carbocycles. The van der Waals surface area contributed by atoms with Crippen molar-refractivity contribution in [2.24, 2.45) is 7.05 Å². The van der Waals surface area contributed by atoms with E-state index in [4.69, 9.17) is 11.6 Å². The number of hydrogen-bond donors (Lipinski definition) is 1. The zero-order valence-electron chi connectivity index (χ0n) is 10.7. The zero-order valence-corrected chi connectivity index (χ0v) is 11.4. The van der Waals surface area contributed by atoms with Gasteiger partial charge in [-0.05, 0) is 24.6 Å². The van der Waals surface area contributed by atoms with Gasteiger partial charge in [-0.25, -0.2) is 8.78 Å². The van der Waals surface area contributed by atoms with Crippen molar-refractivity contribution in [1.29, 1.82) is 0 Å². The second kappa shape index (κ2) is 5.67. The van der Waals surface area contributed by atoms with Gasteiger partial charge >= 0.3 is 0 Å². The summed E-state index contributed by atoms with van der Waals surface area (Å²) in [4.78, 5) is 0. The van der Waals surface area contributed by atoms with Gasteiger partial charge in [-0.2, -0.15) is 5.10 Å². The zero-order chi connectivity index (χ0) is 14.0. The third-order valence-electron chi connectivity index (χ3n) is 2.88. The van der Waals surface area contributed by atoms with Crippen molar-refractivity contribution >= 4 is 11.6 Å². The summed E-state index contributed by atoms with van der Waals surface area (Å²) in [5.74, 6) is -1.68. The van der Waals surface area contributed by atoms with Crippen molar-refractivity contribution in [3.05, 3.63) is 51.8 Å². The van der Waals surface area contributed by atoms with Crippen LogP contribution in [0.3, 0.4) is 0 Å². The Morgan fingerprint density at radius 3 is 2.58 bits per heavy atom. The Morgan fingerprint density at radius 2 is 2.00 bits per heavy atom. The molecular weight excluding hydrogens is 272 g/mol. The summed E-state index contributed by atoms with van der Waals surface area (Å²) in [7, 11) is 1.77. The van der Waals surface area contributed by atoms with Gasteiger partial charge in [-0.15, -0.1) is 0 Å². The molecule has 0 saturated heterocycles. The lowest BCUT2D eigenvalue weighted by atomic mass is 10.2. The van der Waals surface area contributed by atoms with E-state index in [-0.39, 0.29) is 0 Å². The smallest absolute Gasteiger partial charge is 0.159 e. The van der Waals surface area contributed by atoms with Gasteiger partial charge < -0.3 is 5.32 Å². The predicted molar refractivity (Wildman–Crippen MR) is 69.9 cm³/mol. The lowest BCUT2D eigenvalue weighted by Crippen LogP contribution is -2.13. The van der Waals surface area contributed by atoms with Crippen LogP contribution in [0.5, 0.6) is 0 Å². The molecule has 0 fully saturated rings. The van der Waals surface area contributed by atoms with Crippen molar-refractivity contribution in [3.8, 4) is 0 Å². The van der Waals surface area contributed by atoms with Crippen LogP contribution in [0.4, 0.5) is 8.78 Å². The van der Waals surface area contributed by atoms with Crippen molar-refractivity contribution < 1.29 is 8.78 Å². The highest BCUT2D eigenvalue weighted by Gasteiger charge is 2.10. The van der Waals surface area contributed by atoms with E-state index in [0.29, 0.717) is 23.8 Å². The van der Waals surface area contributed by atoms with Gasteiger partial charge in [0.2, 0.25) is 0 Å². The minimum atomic E-state index is -0.838. The van der Waals surface area contributed by atoms with Crippen LogP contribution in [0, 0.1) is 18.6 Å². The van der Waals surface area contributed by atoms with E-state index in [1.54, 1.807) is 17.8 Å². The first kappa shape index (κ1) is 14.0. The number of hydrogen-bond acceptors (Lipinski definition) is 2. The molecule has 1 aromatic heterocycles. The lowest BCUT2D eigenvalue weighted by molar-refractivity contribution is 0.506. The fourth-order valence-corrected chi connectivity index (χ4v) is 2.10. The van der Waals surface area contributed by atoms with Crippen LogP contribution in [-0.2, 0) is 20.1 Å². The Balaban J connectivity index is 1.98. The normalized spacial score (nSPS) is 11.0. The van der Waals surface area contributed by atoms with E-state index in [2.05, 4.69) is 10.4 Å². The minimum Gasteiger partial charge on any atom is -0.308 e. The molecule has 0 amide bonds. The van der Waals surface area contributed by atoms with Crippen LogP contribution >= 0.6 is 11.6 Å². The lowest BCUT2D eigenvalue weighted by Gasteiger charge is -2.05. The van der Waals surface area contributed by atoms with Gasteiger partial charge in [0.05, 0.1) is 5.69 Å². The summed E-state index contributed by atoms with van der Waals surface area (Å²) in [6.07, 6.45) is 0. The van der Waals surface area contributed by atoms with Crippen molar-refractivity contribution in [1.82, 2.24) is 15.1 Å². The summed E-state index contributed by atoms with van der Waals surface area (Å²) in [5.41, 5.74) is 2.44. The van der Waals surface area contributed by atoms with Crippen LogP contribution in [0.1, 0.15) is 16.8 Å². The molecule has 0 radical (unpaired) electrons. The number of nitrogens with zero attached hydrogens (tertiary/aromatic N) is 2. The molecule has 0 aliphatic carbocycles. The minimum absolute atomic E-state index is 0.432. The highest BCUT2D eigenvalue weighted by Crippen LogP contribution is 2.18. The summed E-state index contributed by atoms with van der Waals surface area (Å²) in [6, 6.07) is 3.85. The summed E-state index contributed by atoms with van der Waals surface area (Å²) in [6.45, 7) is 2.83. The highest BCUT2D eigenvalue weighted by atomic mass is 35.5. The van der Waals surface area contributed by atoms with Crippen molar-refractivity contribution in [2.45, 2.75) is 20.0 Å². The molecule has 6 heteroatoms. The number of aryl methyl sites for hydroxylation is 2. The van der Waals surface area contributed by atoms with E-state index < -0.39 is 11.6 Å². The first-order valence-electron chi connectivity index (χ1n) is 5.81. The number of nitrogens with one attached hydrogen (secondary N) is 1. The molecule has 1 N–H and O–H groups in total. The summed E-state index contributed by atoms with van der Waals surface area (Å²) >= 11 is 6.09. The number of rotatable bonds is 4. The molecule has 2 aromatic rings. The Hall–Kier alpha value is -1.46. The second-order valence-corrected chi connectivity index (χ2v) is 4.69. The standard InChI is InChI=1S/C13H14ClF2N3/c1-8-10(13(14)19(2)18-8)7-17-6-9-3-4-11(15)12(16)5-9/h3-5,17H,6-7H2,1-2H3. The SMILES string of the molecule is Cc1nn(C)c(Cl)c1CNCc1ccc(F)c(F)c1. The average molecular weight is 286 g/mol. The maximum atomic E-state index is 13.0. The third kappa shape index (κ3) is 3.11. The topological polar surface area (TPSA) is 29.9 Å². The van der Waals surface area contributed by atoms with E-state index in [1.165, 1.54) is 6.07 Å². The van der Waals surface area contributed by atoms with Crippen molar-refractivity contribution in [2.75, 3.05) is 0 Å². The second-order valence-electron chi connectivity index (χ2n) is 4.33. The van der Waals surface area contributed by atoms with Crippen LogP contribution in [0.15, 0.2) is 18.2 Å². The van der Waals surface area contributed by atoms with Gasteiger partial charge in [0.15, 0.2) is 11.6 Å². The monoisotopic (exact) mass is 285 g/mol. The number of benzene rings is 1. The molecule has 3 nitrogen and oxygen atoms in total. The first-order chi connectivity index (χ1) is 8.99. The van der Waals surface area contributed by atoms with Crippen molar-refractivity contribution in [3.63, 3.8) is 0 Å². The van der Waals surface area contributed by atoms with E-state index in [9.17, 15) is 8.78 Å². The molecule has 2 rings (SSSR count). The fourth-order valence-electron chi connectivity index (χ4n) is 1.86. The molecule has 0 aliphatic rings. The van der Waals surface area contributed by atoms with Gasteiger partial charge in [0, 0.05) is 25.7 Å². The van der Waals surface area contributed by atoms with Gasteiger partial charge in [-0.1, -0.05) is 17.7 Å². The highest BCUT2D eigenvalue weighted by molar-refractivity contribution is 6.30. The Bertz CT molecular complexity index is 596. The quantitative estimate of drug-likeness (QED) is 0.936. The molecule has 0 spiro atoms. The molecule has 0 atom stereocenters.